The Labute approximate surface area is 225 Å². The fourth-order valence-electron chi connectivity index (χ4n) is 5.13. The van der Waals surface area contributed by atoms with Crippen LogP contribution in [0.5, 0.6) is 0 Å². The maximum absolute atomic E-state index is 13.7. The van der Waals surface area contributed by atoms with E-state index in [1.807, 2.05) is 42.8 Å². The van der Waals surface area contributed by atoms with Crippen LogP contribution in [0, 0.1) is 12.8 Å². The van der Waals surface area contributed by atoms with Gasteiger partial charge in [-0.25, -0.2) is 4.79 Å². The molecule has 0 aliphatic heterocycles. The highest BCUT2D eigenvalue weighted by atomic mass is 16.2. The van der Waals surface area contributed by atoms with Crippen LogP contribution in [0.4, 0.5) is 0 Å². The first-order valence-corrected chi connectivity index (χ1v) is 13.4. The van der Waals surface area contributed by atoms with Gasteiger partial charge in [0.05, 0.1) is 17.8 Å². The van der Waals surface area contributed by atoms with Crippen molar-refractivity contribution in [1.82, 2.24) is 28.8 Å². The van der Waals surface area contributed by atoms with Crippen LogP contribution in [0.2, 0.25) is 0 Å². The van der Waals surface area contributed by atoms with Crippen molar-refractivity contribution in [2.24, 2.45) is 25.7 Å². The van der Waals surface area contributed by atoms with E-state index in [-0.39, 0.29) is 24.2 Å². The van der Waals surface area contributed by atoms with E-state index in [4.69, 9.17) is 10.8 Å². The molecule has 0 radical (unpaired) electrons. The molecule has 6 rings (SSSR count). The van der Waals surface area contributed by atoms with Crippen LogP contribution in [-0.2, 0) is 27.2 Å². The third kappa shape index (κ3) is 4.60. The van der Waals surface area contributed by atoms with Crippen molar-refractivity contribution in [3.63, 3.8) is 0 Å². The highest BCUT2D eigenvalue weighted by Gasteiger charge is 2.29. The average Bonchev–Trinajstić information content (AvgIpc) is 3.84. The van der Waals surface area contributed by atoms with Gasteiger partial charge in [0.15, 0.2) is 5.65 Å². The van der Waals surface area contributed by atoms with Crippen molar-refractivity contribution in [2.45, 2.75) is 51.7 Å². The molecule has 2 aliphatic rings. The van der Waals surface area contributed by atoms with Crippen LogP contribution < -0.4 is 22.3 Å². The number of aryl methyl sites for hydroxylation is 2. The Bertz CT molecular complexity index is 1760. The molecule has 2 fully saturated rings. The molecule has 2 aliphatic carbocycles. The summed E-state index contributed by atoms with van der Waals surface area (Å²) < 4.78 is 6.36. The highest BCUT2D eigenvalue weighted by Crippen LogP contribution is 2.33. The lowest BCUT2D eigenvalue weighted by Gasteiger charge is -2.12. The lowest BCUT2D eigenvalue weighted by Crippen LogP contribution is -2.38. The summed E-state index contributed by atoms with van der Waals surface area (Å²) >= 11 is 0. The Kier molecular flexibility index (Phi) is 6.05. The molecule has 202 valence electrons. The molecule has 0 unspecified atom stereocenters. The van der Waals surface area contributed by atoms with Gasteiger partial charge >= 0.3 is 5.69 Å². The first-order valence-electron chi connectivity index (χ1n) is 13.4. The zero-order valence-corrected chi connectivity index (χ0v) is 22.5. The summed E-state index contributed by atoms with van der Waals surface area (Å²) in [5, 5.41) is 8.26. The summed E-state index contributed by atoms with van der Waals surface area (Å²) in [6.07, 6.45) is 7.40. The van der Waals surface area contributed by atoms with Gasteiger partial charge in [-0.15, -0.1) is 0 Å². The second-order valence-corrected chi connectivity index (χ2v) is 10.9. The van der Waals surface area contributed by atoms with Crippen molar-refractivity contribution in [2.75, 3.05) is 0 Å². The van der Waals surface area contributed by atoms with E-state index in [1.54, 1.807) is 27.7 Å². The SMILES string of the molecule is Cc1cccc(/C(=C\N)Cn2nc3c(c2-c2cc(C(=O)NC4CC4)cn2C)c(=O)n(C)c(=O)n3CC2CC2)c1. The summed E-state index contributed by atoms with van der Waals surface area (Å²) in [7, 11) is 3.35. The van der Waals surface area contributed by atoms with Crippen LogP contribution in [0.3, 0.4) is 0 Å². The van der Waals surface area contributed by atoms with E-state index in [0.29, 0.717) is 40.4 Å². The molecule has 1 aromatic carbocycles. The standard InChI is InChI=1S/C29H33N7O3/c1-17-5-4-6-19(11-17)21(13-30)16-36-25(23-12-20(15-33(23)2)27(37)31-22-9-10-22)24-26(32-36)35(14-18-7-8-18)29(39)34(3)28(24)38/h4-6,11-13,15,18,22H,7-10,14,16,30H2,1-3H3,(H,31,37)/b21-13-. The monoisotopic (exact) mass is 527 g/mol. The lowest BCUT2D eigenvalue weighted by molar-refractivity contribution is 0.0951. The molecule has 10 nitrogen and oxygen atoms in total. The number of allylic oxidation sites excluding steroid dienone is 1. The lowest BCUT2D eigenvalue weighted by atomic mass is 10.0. The van der Waals surface area contributed by atoms with E-state index >= 15 is 0 Å². The third-order valence-electron chi connectivity index (χ3n) is 7.70. The number of fused-ring (bicyclic) bond motifs is 1. The molecule has 0 bridgehead atoms. The van der Waals surface area contributed by atoms with Crippen LogP contribution in [0.25, 0.3) is 28.0 Å². The third-order valence-corrected chi connectivity index (χ3v) is 7.70. The van der Waals surface area contributed by atoms with Gasteiger partial charge in [-0.3, -0.25) is 23.4 Å². The van der Waals surface area contributed by atoms with Crippen molar-refractivity contribution < 1.29 is 4.79 Å². The van der Waals surface area contributed by atoms with Crippen molar-refractivity contribution in [1.29, 1.82) is 0 Å². The summed E-state index contributed by atoms with van der Waals surface area (Å²) in [6.45, 7) is 2.81. The predicted molar refractivity (Wildman–Crippen MR) is 150 cm³/mol. The van der Waals surface area contributed by atoms with Crippen molar-refractivity contribution >= 4 is 22.5 Å². The maximum atomic E-state index is 13.7. The summed E-state index contributed by atoms with van der Waals surface area (Å²) in [4.78, 5) is 39.8. The fraction of sp³-hybridized carbons (Fsp3) is 0.379. The molecule has 1 amide bonds. The predicted octanol–water partition coefficient (Wildman–Crippen LogP) is 2.51. The molecular formula is C29H33N7O3. The Morgan fingerprint density at radius 3 is 2.56 bits per heavy atom. The van der Waals surface area contributed by atoms with Crippen LogP contribution >= 0.6 is 0 Å². The minimum absolute atomic E-state index is 0.143. The molecule has 3 aromatic heterocycles. The van der Waals surface area contributed by atoms with Crippen molar-refractivity contribution in [3.05, 3.63) is 80.3 Å². The van der Waals surface area contributed by atoms with Gasteiger partial charge in [0.2, 0.25) is 0 Å². The minimum Gasteiger partial charge on any atom is -0.404 e. The van der Waals surface area contributed by atoms with E-state index in [0.717, 1.165) is 47.0 Å². The fourth-order valence-corrected chi connectivity index (χ4v) is 5.13. The normalized spacial score (nSPS) is 15.7. The van der Waals surface area contributed by atoms with Gasteiger partial charge in [-0.2, -0.15) is 5.10 Å². The van der Waals surface area contributed by atoms with E-state index in [2.05, 4.69) is 5.32 Å². The molecule has 4 aromatic rings. The number of nitrogens with one attached hydrogen (secondary N) is 1. The number of benzene rings is 1. The Hall–Kier alpha value is -4.34. The molecule has 10 heteroatoms. The number of aromatic nitrogens is 5. The van der Waals surface area contributed by atoms with E-state index < -0.39 is 5.56 Å². The summed E-state index contributed by atoms with van der Waals surface area (Å²) in [5.74, 6) is 0.257. The largest absolute Gasteiger partial charge is 0.404 e. The quantitative estimate of drug-likeness (QED) is 0.365. The summed E-state index contributed by atoms with van der Waals surface area (Å²) in [6, 6.07) is 10.0. The van der Waals surface area contributed by atoms with Crippen molar-refractivity contribution in [3.8, 4) is 11.4 Å². The number of nitrogens with two attached hydrogens (primary N) is 1. The Morgan fingerprint density at radius 2 is 1.90 bits per heavy atom. The molecule has 0 spiro atoms. The number of carbonyl (C=O) groups is 1. The van der Waals surface area contributed by atoms with E-state index in [1.165, 1.54) is 7.05 Å². The van der Waals surface area contributed by atoms with Gasteiger partial charge in [0.25, 0.3) is 11.5 Å². The number of hydrogen-bond acceptors (Lipinski definition) is 5. The zero-order valence-electron chi connectivity index (χ0n) is 22.5. The van der Waals surface area contributed by atoms with Gasteiger partial charge in [-0.1, -0.05) is 29.8 Å². The number of amides is 1. The topological polar surface area (TPSA) is 122 Å². The van der Waals surface area contributed by atoms with E-state index in [9.17, 15) is 14.4 Å². The minimum atomic E-state index is -0.415. The molecule has 2 saturated carbocycles. The second-order valence-electron chi connectivity index (χ2n) is 10.9. The maximum Gasteiger partial charge on any atom is 0.332 e. The Balaban J connectivity index is 1.56. The van der Waals surface area contributed by atoms with Gasteiger partial charge < -0.3 is 15.6 Å². The molecule has 3 heterocycles. The van der Waals surface area contributed by atoms with Gasteiger partial charge in [-0.05, 0) is 61.9 Å². The first-order chi connectivity index (χ1) is 18.7. The molecular weight excluding hydrogens is 494 g/mol. The zero-order chi connectivity index (χ0) is 27.4. The Morgan fingerprint density at radius 1 is 1.13 bits per heavy atom. The van der Waals surface area contributed by atoms with Gasteiger partial charge in [0.1, 0.15) is 11.1 Å². The molecule has 0 saturated heterocycles. The molecule has 39 heavy (non-hydrogen) atoms. The van der Waals surface area contributed by atoms with Crippen LogP contribution in [0.1, 0.15) is 47.2 Å². The summed E-state index contributed by atoms with van der Waals surface area (Å²) in [5.41, 5.74) is 10.3. The molecule has 0 atom stereocenters. The van der Waals surface area contributed by atoms with Crippen LogP contribution in [-0.4, -0.2) is 35.4 Å². The van der Waals surface area contributed by atoms with Gasteiger partial charge in [0, 0.05) is 32.9 Å². The second kappa shape index (κ2) is 9.44. The number of carbonyl (C=O) groups excluding carboxylic acids is 1. The van der Waals surface area contributed by atoms with Crippen LogP contribution in [0.15, 0.2) is 52.3 Å². The smallest absolute Gasteiger partial charge is 0.332 e. The number of nitrogens with zero attached hydrogens (tertiary/aromatic N) is 5. The highest BCUT2D eigenvalue weighted by molar-refractivity contribution is 5.97. The number of rotatable bonds is 8. The average molecular weight is 528 g/mol. The molecule has 3 N–H and O–H groups in total. The number of hydrogen-bond donors (Lipinski definition) is 2. The first kappa shape index (κ1) is 25.0.